The fourth-order valence-corrected chi connectivity index (χ4v) is 4.33. The average Bonchev–Trinajstić information content (AvgIpc) is 3.20. The topological polar surface area (TPSA) is 66.5 Å². The molecule has 2 aliphatic heterocycles. The van der Waals surface area contributed by atoms with Crippen molar-refractivity contribution < 1.29 is 28.5 Å². The second kappa shape index (κ2) is 6.73. The predicted octanol–water partition coefficient (Wildman–Crippen LogP) is 4.26. The maximum atomic E-state index is 12.0. The maximum absolute atomic E-state index is 12.0. The van der Waals surface area contributed by atoms with E-state index in [1.54, 1.807) is 14.2 Å². The lowest BCUT2D eigenvalue weighted by Gasteiger charge is -2.38. The summed E-state index contributed by atoms with van der Waals surface area (Å²) in [7, 11) is 5.07. The van der Waals surface area contributed by atoms with Crippen LogP contribution in [0.2, 0.25) is 0 Å². The van der Waals surface area contributed by atoms with Crippen LogP contribution in [0.3, 0.4) is 0 Å². The molecule has 0 radical (unpaired) electrons. The number of esters is 1. The number of methoxy groups -OCH3 is 2. The zero-order valence-electron chi connectivity index (χ0n) is 17.1. The number of hydrogen-bond acceptors (Lipinski definition) is 7. The normalized spacial score (nSPS) is 16.1. The number of hydrogen-bond donors (Lipinski definition) is 0. The number of ether oxygens (including phenoxy) is 5. The number of carbonyl (C=O) groups excluding carboxylic acids is 1. The summed E-state index contributed by atoms with van der Waals surface area (Å²) in [5.74, 6) is 2.17. The van der Waals surface area contributed by atoms with E-state index in [9.17, 15) is 4.79 Å². The van der Waals surface area contributed by atoms with Crippen molar-refractivity contribution in [3.8, 4) is 34.1 Å². The molecule has 154 valence electrons. The number of nitrogens with zero attached hydrogens (tertiary/aromatic N) is 1. The molecule has 0 saturated carbocycles. The standard InChI is InChI=1S/C23H21NO6/c1-12(25)30-23-20-14(7-8-17(26-3)22(20)27-4)15-6-5-13-9-18-19(29-11-28-18)10-16(13)21(15)24(23)2/h5-10,23H,11H2,1-4H3. The molecule has 2 aliphatic rings. The van der Waals surface area contributed by atoms with Crippen LogP contribution >= 0.6 is 0 Å². The van der Waals surface area contributed by atoms with Crippen LogP contribution in [0.1, 0.15) is 18.7 Å². The van der Waals surface area contributed by atoms with E-state index in [0.29, 0.717) is 17.2 Å². The first kappa shape index (κ1) is 18.4. The van der Waals surface area contributed by atoms with E-state index in [1.807, 2.05) is 36.2 Å². The minimum absolute atomic E-state index is 0.208. The molecule has 5 rings (SSSR count). The van der Waals surface area contributed by atoms with Crippen molar-refractivity contribution in [2.24, 2.45) is 0 Å². The minimum atomic E-state index is -0.675. The van der Waals surface area contributed by atoms with Crippen LogP contribution < -0.4 is 23.8 Å². The summed E-state index contributed by atoms with van der Waals surface area (Å²) in [6.45, 7) is 1.61. The van der Waals surface area contributed by atoms with Gasteiger partial charge in [-0.25, -0.2) is 0 Å². The molecule has 0 spiro atoms. The predicted molar refractivity (Wildman–Crippen MR) is 112 cm³/mol. The molecule has 7 nitrogen and oxygen atoms in total. The fraction of sp³-hybridized carbons (Fsp3) is 0.261. The van der Waals surface area contributed by atoms with Crippen LogP contribution in [0.25, 0.3) is 21.9 Å². The third-order valence-electron chi connectivity index (χ3n) is 5.59. The first-order chi connectivity index (χ1) is 14.5. The van der Waals surface area contributed by atoms with Gasteiger partial charge in [0.25, 0.3) is 0 Å². The highest BCUT2D eigenvalue weighted by Gasteiger charge is 2.36. The van der Waals surface area contributed by atoms with Gasteiger partial charge in [-0.05, 0) is 35.2 Å². The molecular weight excluding hydrogens is 386 g/mol. The van der Waals surface area contributed by atoms with Gasteiger partial charge in [-0.2, -0.15) is 0 Å². The molecule has 3 aromatic carbocycles. The Balaban J connectivity index is 1.83. The highest BCUT2D eigenvalue weighted by atomic mass is 16.7. The van der Waals surface area contributed by atoms with Crippen LogP contribution in [0.4, 0.5) is 5.69 Å². The lowest BCUT2D eigenvalue weighted by atomic mass is 9.88. The van der Waals surface area contributed by atoms with Crippen molar-refractivity contribution >= 4 is 22.4 Å². The highest BCUT2D eigenvalue weighted by Crippen LogP contribution is 2.53. The summed E-state index contributed by atoms with van der Waals surface area (Å²) in [5.41, 5.74) is 3.62. The van der Waals surface area contributed by atoms with E-state index in [4.69, 9.17) is 23.7 Å². The van der Waals surface area contributed by atoms with Gasteiger partial charge >= 0.3 is 5.97 Å². The van der Waals surface area contributed by atoms with E-state index in [2.05, 4.69) is 12.1 Å². The van der Waals surface area contributed by atoms with Gasteiger partial charge in [0, 0.05) is 24.9 Å². The smallest absolute Gasteiger partial charge is 0.304 e. The largest absolute Gasteiger partial charge is 0.493 e. The van der Waals surface area contributed by atoms with Crippen LogP contribution in [0.5, 0.6) is 23.0 Å². The molecule has 0 saturated heterocycles. The van der Waals surface area contributed by atoms with Gasteiger partial charge in [-0.15, -0.1) is 0 Å². The van der Waals surface area contributed by atoms with Crippen molar-refractivity contribution in [3.05, 3.63) is 42.0 Å². The van der Waals surface area contributed by atoms with Crippen molar-refractivity contribution in [2.75, 3.05) is 33.0 Å². The van der Waals surface area contributed by atoms with Crippen molar-refractivity contribution in [1.82, 2.24) is 0 Å². The SMILES string of the molecule is COc1ccc2c(c1OC)C(OC(C)=O)N(C)c1c-2ccc2cc3c(cc12)OCO3. The summed E-state index contributed by atoms with van der Waals surface area (Å²) in [5, 5.41) is 1.99. The Morgan fingerprint density at radius 3 is 2.47 bits per heavy atom. The van der Waals surface area contributed by atoms with E-state index in [0.717, 1.165) is 38.9 Å². The zero-order valence-corrected chi connectivity index (χ0v) is 17.1. The van der Waals surface area contributed by atoms with E-state index < -0.39 is 6.23 Å². The summed E-state index contributed by atoms with van der Waals surface area (Å²) in [6, 6.07) is 11.9. The highest BCUT2D eigenvalue weighted by molar-refractivity contribution is 6.05. The second-order valence-corrected chi connectivity index (χ2v) is 7.22. The number of rotatable bonds is 3. The maximum Gasteiger partial charge on any atom is 0.304 e. The van der Waals surface area contributed by atoms with Crippen LogP contribution in [0, 0.1) is 0 Å². The Labute approximate surface area is 173 Å². The Morgan fingerprint density at radius 1 is 1.03 bits per heavy atom. The quantitative estimate of drug-likeness (QED) is 0.601. The summed E-state index contributed by atoms with van der Waals surface area (Å²) < 4.78 is 28.1. The molecule has 0 aromatic heterocycles. The zero-order chi connectivity index (χ0) is 21.0. The number of carbonyl (C=O) groups is 1. The molecule has 7 heteroatoms. The monoisotopic (exact) mass is 407 g/mol. The summed E-state index contributed by atoms with van der Waals surface area (Å²) >= 11 is 0. The van der Waals surface area contributed by atoms with E-state index in [1.165, 1.54) is 6.92 Å². The van der Waals surface area contributed by atoms with Gasteiger partial charge in [0.1, 0.15) is 0 Å². The van der Waals surface area contributed by atoms with Crippen molar-refractivity contribution in [3.63, 3.8) is 0 Å². The molecule has 1 unspecified atom stereocenters. The number of fused-ring (bicyclic) bond motifs is 6. The third-order valence-corrected chi connectivity index (χ3v) is 5.59. The number of benzene rings is 3. The molecule has 2 heterocycles. The molecule has 30 heavy (non-hydrogen) atoms. The molecule has 1 atom stereocenters. The van der Waals surface area contributed by atoms with Gasteiger partial charge in [0.2, 0.25) is 13.0 Å². The van der Waals surface area contributed by atoms with Gasteiger partial charge in [0.05, 0.1) is 25.5 Å². The van der Waals surface area contributed by atoms with Crippen LogP contribution in [0.15, 0.2) is 36.4 Å². The molecular formula is C23H21NO6. The minimum Gasteiger partial charge on any atom is -0.493 e. The first-order valence-electron chi connectivity index (χ1n) is 9.55. The first-order valence-corrected chi connectivity index (χ1v) is 9.55. The Bertz CT molecular complexity index is 1190. The Kier molecular flexibility index (Phi) is 4.13. The van der Waals surface area contributed by atoms with Crippen molar-refractivity contribution in [1.29, 1.82) is 0 Å². The van der Waals surface area contributed by atoms with Crippen molar-refractivity contribution in [2.45, 2.75) is 13.2 Å². The summed E-state index contributed by atoms with van der Waals surface area (Å²) in [6.07, 6.45) is -0.675. The number of anilines is 1. The van der Waals surface area contributed by atoms with E-state index >= 15 is 0 Å². The average molecular weight is 407 g/mol. The molecule has 0 amide bonds. The Hall–Kier alpha value is -3.61. The van der Waals surface area contributed by atoms with Gasteiger partial charge < -0.3 is 28.6 Å². The molecule has 0 aliphatic carbocycles. The molecule has 0 fully saturated rings. The molecule has 0 bridgehead atoms. The van der Waals surface area contributed by atoms with Gasteiger partial charge in [0.15, 0.2) is 23.0 Å². The Morgan fingerprint density at radius 2 is 1.77 bits per heavy atom. The van der Waals surface area contributed by atoms with E-state index in [-0.39, 0.29) is 12.8 Å². The second-order valence-electron chi connectivity index (χ2n) is 7.22. The lowest BCUT2D eigenvalue weighted by molar-refractivity contribution is -0.146. The van der Waals surface area contributed by atoms with Gasteiger partial charge in [-0.1, -0.05) is 12.1 Å². The summed E-state index contributed by atoms with van der Waals surface area (Å²) in [4.78, 5) is 13.9. The molecule has 0 N–H and O–H groups in total. The third kappa shape index (κ3) is 2.55. The fourth-order valence-electron chi connectivity index (χ4n) is 4.33. The van der Waals surface area contributed by atoms with Crippen LogP contribution in [-0.4, -0.2) is 34.0 Å². The lowest BCUT2D eigenvalue weighted by Crippen LogP contribution is -2.32. The molecule has 3 aromatic rings. The van der Waals surface area contributed by atoms with Crippen LogP contribution in [-0.2, 0) is 9.53 Å². The van der Waals surface area contributed by atoms with Gasteiger partial charge in [-0.3, -0.25) is 4.79 Å².